The van der Waals surface area contributed by atoms with Gasteiger partial charge in [-0.25, -0.2) is 4.68 Å². The summed E-state index contributed by atoms with van der Waals surface area (Å²) in [5.41, 5.74) is 7.17. The number of hydrogen-bond acceptors (Lipinski definition) is 7. The number of aromatic nitrogens is 3. The lowest BCUT2D eigenvalue weighted by Crippen LogP contribution is -2.27. The van der Waals surface area contributed by atoms with E-state index in [9.17, 15) is 9.59 Å². The van der Waals surface area contributed by atoms with E-state index < -0.39 is 5.91 Å². The van der Waals surface area contributed by atoms with Crippen LogP contribution in [0.3, 0.4) is 0 Å². The average Bonchev–Trinajstić information content (AvgIpc) is 3.28. The molecule has 162 valence electrons. The molecule has 0 unspecified atom stereocenters. The number of amides is 2. The maximum atomic E-state index is 12.9. The predicted molar refractivity (Wildman–Crippen MR) is 112 cm³/mol. The van der Waals surface area contributed by atoms with Gasteiger partial charge in [0.2, 0.25) is 5.75 Å². The molecule has 0 saturated carbocycles. The highest BCUT2D eigenvalue weighted by atomic mass is 16.5. The van der Waals surface area contributed by atoms with E-state index in [2.05, 4.69) is 15.6 Å². The Morgan fingerprint density at radius 2 is 1.68 bits per heavy atom. The molecule has 0 aliphatic carbocycles. The molecule has 1 aromatic heterocycles. The first kappa shape index (κ1) is 21.6. The number of methoxy groups -OCH3 is 3. The molecule has 31 heavy (non-hydrogen) atoms. The van der Waals surface area contributed by atoms with Crippen molar-refractivity contribution in [3.63, 3.8) is 0 Å². The number of ether oxygens (including phenoxy) is 3. The first-order valence-corrected chi connectivity index (χ1v) is 9.31. The van der Waals surface area contributed by atoms with Crippen molar-refractivity contribution < 1.29 is 23.8 Å². The summed E-state index contributed by atoms with van der Waals surface area (Å²) in [5.74, 6) is 0.129. The van der Waals surface area contributed by atoms with Crippen molar-refractivity contribution in [1.29, 1.82) is 0 Å². The van der Waals surface area contributed by atoms with Crippen molar-refractivity contribution >= 4 is 11.8 Å². The highest BCUT2D eigenvalue weighted by molar-refractivity contribution is 5.98. The number of hydrogen-bond donors (Lipinski definition) is 2. The fourth-order valence-corrected chi connectivity index (χ4v) is 3.06. The molecule has 10 nitrogen and oxygen atoms in total. The van der Waals surface area contributed by atoms with E-state index in [1.165, 1.54) is 32.2 Å². The van der Waals surface area contributed by atoms with Gasteiger partial charge in [-0.3, -0.25) is 9.59 Å². The Labute approximate surface area is 178 Å². The SMILES string of the molecule is COc1ccc(C(=O)N[C@H](C)c2ccc(-n3cc(C(N)=O)nn3)cc2)c(OC)c1OC. The van der Waals surface area contributed by atoms with Crippen LogP contribution < -0.4 is 25.3 Å². The number of nitrogens with two attached hydrogens (primary N) is 1. The van der Waals surface area contributed by atoms with Crippen LogP contribution in [0.25, 0.3) is 5.69 Å². The number of nitrogens with one attached hydrogen (secondary N) is 1. The second-order valence-electron chi connectivity index (χ2n) is 6.58. The highest BCUT2D eigenvalue weighted by Gasteiger charge is 2.22. The smallest absolute Gasteiger partial charge is 0.270 e. The van der Waals surface area contributed by atoms with Crippen LogP contribution in [0.5, 0.6) is 17.2 Å². The molecule has 1 heterocycles. The number of primary amides is 1. The fourth-order valence-electron chi connectivity index (χ4n) is 3.06. The third-order valence-electron chi connectivity index (χ3n) is 4.70. The number of nitrogens with zero attached hydrogens (tertiary/aromatic N) is 3. The van der Waals surface area contributed by atoms with Gasteiger partial charge in [-0.15, -0.1) is 5.10 Å². The van der Waals surface area contributed by atoms with Gasteiger partial charge < -0.3 is 25.3 Å². The maximum Gasteiger partial charge on any atom is 0.270 e. The second-order valence-corrected chi connectivity index (χ2v) is 6.58. The third kappa shape index (κ3) is 4.42. The molecular formula is C21H23N5O5. The molecule has 2 amide bonds. The topological polar surface area (TPSA) is 131 Å². The van der Waals surface area contributed by atoms with E-state index >= 15 is 0 Å². The van der Waals surface area contributed by atoms with Crippen LogP contribution in [0.1, 0.15) is 39.4 Å². The van der Waals surface area contributed by atoms with Crippen molar-refractivity contribution in [1.82, 2.24) is 20.3 Å². The van der Waals surface area contributed by atoms with Gasteiger partial charge in [0.1, 0.15) is 0 Å². The minimum atomic E-state index is -0.648. The molecule has 0 bridgehead atoms. The molecule has 0 radical (unpaired) electrons. The highest BCUT2D eigenvalue weighted by Crippen LogP contribution is 2.39. The molecule has 1 atom stereocenters. The summed E-state index contributed by atoms with van der Waals surface area (Å²) in [7, 11) is 4.45. The van der Waals surface area contributed by atoms with Crippen LogP contribution in [0.15, 0.2) is 42.6 Å². The Morgan fingerprint density at radius 1 is 1.00 bits per heavy atom. The monoisotopic (exact) mass is 425 g/mol. The summed E-state index contributed by atoms with van der Waals surface area (Å²) in [5, 5.41) is 10.5. The quantitative estimate of drug-likeness (QED) is 0.563. The largest absolute Gasteiger partial charge is 0.493 e. The average molecular weight is 425 g/mol. The van der Waals surface area contributed by atoms with Gasteiger partial charge in [-0.2, -0.15) is 0 Å². The predicted octanol–water partition coefficient (Wildman–Crippen LogP) is 1.88. The number of rotatable bonds is 8. The zero-order valence-electron chi connectivity index (χ0n) is 17.6. The number of benzene rings is 2. The Hall–Kier alpha value is -4.08. The summed E-state index contributed by atoms with van der Waals surface area (Å²) in [4.78, 5) is 24.1. The molecule has 0 saturated heterocycles. The molecule has 0 spiro atoms. The zero-order chi connectivity index (χ0) is 22.5. The lowest BCUT2D eigenvalue weighted by Gasteiger charge is -2.18. The van der Waals surface area contributed by atoms with E-state index in [1.807, 2.05) is 19.1 Å². The van der Waals surface area contributed by atoms with Gasteiger partial charge >= 0.3 is 0 Å². The van der Waals surface area contributed by atoms with Crippen molar-refractivity contribution in [2.24, 2.45) is 5.73 Å². The lowest BCUT2D eigenvalue weighted by molar-refractivity contribution is 0.0935. The number of carbonyl (C=O) groups is 2. The van der Waals surface area contributed by atoms with Gasteiger partial charge in [-0.1, -0.05) is 17.3 Å². The van der Waals surface area contributed by atoms with E-state index in [0.717, 1.165) is 5.56 Å². The minimum absolute atomic E-state index is 0.0774. The van der Waals surface area contributed by atoms with Gasteiger partial charge in [-0.05, 0) is 36.8 Å². The third-order valence-corrected chi connectivity index (χ3v) is 4.70. The maximum absolute atomic E-state index is 12.9. The number of carbonyl (C=O) groups excluding carboxylic acids is 2. The first-order chi connectivity index (χ1) is 14.9. The Bertz CT molecular complexity index is 1090. The van der Waals surface area contributed by atoms with E-state index in [0.29, 0.717) is 28.5 Å². The van der Waals surface area contributed by atoms with E-state index in [4.69, 9.17) is 19.9 Å². The fraction of sp³-hybridized carbons (Fsp3) is 0.238. The van der Waals surface area contributed by atoms with Gasteiger partial charge in [0, 0.05) is 0 Å². The first-order valence-electron chi connectivity index (χ1n) is 9.31. The van der Waals surface area contributed by atoms with Crippen molar-refractivity contribution in [3.05, 3.63) is 59.4 Å². The molecule has 3 aromatic rings. The molecule has 0 aliphatic rings. The summed E-state index contributed by atoms with van der Waals surface area (Å²) in [6, 6.07) is 10.3. The molecule has 3 rings (SSSR count). The van der Waals surface area contributed by atoms with E-state index in [1.54, 1.807) is 24.3 Å². The molecule has 0 fully saturated rings. The Morgan fingerprint density at radius 3 is 2.23 bits per heavy atom. The van der Waals surface area contributed by atoms with Crippen LogP contribution in [-0.2, 0) is 0 Å². The Balaban J connectivity index is 1.77. The standard InChI is InChI=1S/C21H23N5O5/c1-12(13-5-7-14(8-6-13)26-11-16(20(22)27)24-25-26)23-21(28)15-9-10-17(29-2)19(31-4)18(15)30-3/h5-12H,1-4H3,(H2,22,27)(H,23,28)/t12-/m1/s1. The summed E-state index contributed by atoms with van der Waals surface area (Å²) < 4.78 is 17.4. The van der Waals surface area contributed by atoms with Gasteiger partial charge in [0.25, 0.3) is 11.8 Å². The minimum Gasteiger partial charge on any atom is -0.493 e. The molecule has 10 heteroatoms. The molecule has 3 N–H and O–H groups in total. The normalized spacial score (nSPS) is 11.5. The summed E-state index contributed by atoms with van der Waals surface area (Å²) in [6.45, 7) is 1.86. The van der Waals surface area contributed by atoms with Crippen LogP contribution in [-0.4, -0.2) is 48.1 Å². The Kier molecular flexibility index (Phi) is 6.39. The van der Waals surface area contributed by atoms with E-state index in [-0.39, 0.29) is 17.6 Å². The second kappa shape index (κ2) is 9.16. The van der Waals surface area contributed by atoms with Crippen molar-refractivity contribution in [2.75, 3.05) is 21.3 Å². The summed E-state index contributed by atoms with van der Waals surface area (Å²) >= 11 is 0. The van der Waals surface area contributed by atoms with Crippen molar-refractivity contribution in [3.8, 4) is 22.9 Å². The van der Waals surface area contributed by atoms with Gasteiger partial charge in [0.15, 0.2) is 17.2 Å². The zero-order valence-corrected chi connectivity index (χ0v) is 17.6. The molecular weight excluding hydrogens is 402 g/mol. The van der Waals surface area contributed by atoms with Gasteiger partial charge in [0.05, 0.1) is 44.8 Å². The van der Waals surface area contributed by atoms with Crippen molar-refractivity contribution in [2.45, 2.75) is 13.0 Å². The summed E-state index contributed by atoms with van der Waals surface area (Å²) in [6.07, 6.45) is 1.45. The van der Waals surface area contributed by atoms with Crippen LogP contribution in [0.2, 0.25) is 0 Å². The molecule has 2 aromatic carbocycles. The lowest BCUT2D eigenvalue weighted by atomic mass is 10.1. The van der Waals surface area contributed by atoms with Crippen LogP contribution >= 0.6 is 0 Å². The molecule has 0 aliphatic heterocycles. The van der Waals surface area contributed by atoms with Crippen LogP contribution in [0.4, 0.5) is 0 Å². The van der Waals surface area contributed by atoms with Crippen LogP contribution in [0, 0.1) is 0 Å².